The normalized spacial score (nSPS) is 9.90. The molecule has 2 N–H and O–H groups in total. The van der Waals surface area contributed by atoms with Crippen molar-refractivity contribution in [1.82, 2.24) is 10.6 Å². The average molecular weight is 362 g/mol. The number of thiocarbonyl (C=S) groups is 2. The standard InChI is InChI=1S/2C3H4F3NS2.2Li/c2*4-3(5,6)1-7-2(8)9;;/h2*1H2,(H2,7,8,9);;/q;;2*+1/p-2. The molecule has 0 atom stereocenters. The van der Waals surface area contributed by atoms with Crippen molar-refractivity contribution in [2.24, 2.45) is 0 Å². The van der Waals surface area contributed by atoms with Gasteiger partial charge in [0.15, 0.2) is 0 Å². The Morgan fingerprint density at radius 2 is 0.950 bits per heavy atom. The third-order valence-electron chi connectivity index (χ3n) is 0.866. The fraction of sp³-hybridized carbons (Fsp3) is 0.667. The van der Waals surface area contributed by atoms with Crippen molar-refractivity contribution in [2.75, 3.05) is 13.1 Å². The molecule has 0 fully saturated rings. The van der Waals surface area contributed by atoms with E-state index in [1.54, 1.807) is 10.6 Å². The maximum absolute atomic E-state index is 11.2. The van der Waals surface area contributed by atoms with Gasteiger partial charge in [0.25, 0.3) is 0 Å². The second kappa shape index (κ2) is 13.6. The molecule has 0 aromatic carbocycles. The van der Waals surface area contributed by atoms with Crippen LogP contribution in [0.2, 0.25) is 0 Å². The number of alkyl halides is 6. The molecule has 0 aromatic heterocycles. The second-order valence-electron chi connectivity index (χ2n) is 2.51. The molecular formula is C6H6F6Li2N2S4. The summed E-state index contributed by atoms with van der Waals surface area (Å²) in [6.07, 6.45) is -8.47. The summed E-state index contributed by atoms with van der Waals surface area (Å²) in [5.74, 6) is 0. The third kappa shape index (κ3) is 36.4. The van der Waals surface area contributed by atoms with Crippen LogP contribution in [0.1, 0.15) is 0 Å². The molecule has 0 heterocycles. The van der Waals surface area contributed by atoms with E-state index in [2.05, 4.69) is 49.7 Å². The Bertz CT molecular complexity index is 258. The second-order valence-corrected chi connectivity index (χ2v) is 4.66. The molecule has 0 saturated carbocycles. The molecule has 0 radical (unpaired) electrons. The van der Waals surface area contributed by atoms with Gasteiger partial charge in [0, 0.05) is 0 Å². The molecule has 20 heavy (non-hydrogen) atoms. The summed E-state index contributed by atoms with van der Waals surface area (Å²) in [5.41, 5.74) is 0. The monoisotopic (exact) mass is 362 g/mol. The van der Waals surface area contributed by atoms with Crippen LogP contribution in [0.3, 0.4) is 0 Å². The van der Waals surface area contributed by atoms with Gasteiger partial charge in [0.2, 0.25) is 0 Å². The molecule has 108 valence electrons. The first-order chi connectivity index (χ1) is 7.83. The van der Waals surface area contributed by atoms with Crippen molar-refractivity contribution >= 4 is 58.3 Å². The predicted octanol–water partition coefficient (Wildman–Crippen LogP) is -4.05. The molecule has 0 aliphatic carbocycles. The number of nitrogens with one attached hydrogen (secondary N) is 2. The van der Waals surface area contributed by atoms with Gasteiger partial charge in [-0.2, -0.15) is 26.3 Å². The summed E-state index contributed by atoms with van der Waals surface area (Å²) in [7, 11) is 0. The van der Waals surface area contributed by atoms with Crippen LogP contribution in [0, 0.1) is 0 Å². The van der Waals surface area contributed by atoms with Crippen LogP contribution in [0.15, 0.2) is 0 Å². The van der Waals surface area contributed by atoms with Gasteiger partial charge in [-0.3, -0.25) is 0 Å². The Morgan fingerprint density at radius 1 is 0.750 bits per heavy atom. The minimum absolute atomic E-state index is 0. The van der Waals surface area contributed by atoms with E-state index in [0.717, 1.165) is 0 Å². The molecule has 0 unspecified atom stereocenters. The molecule has 0 bridgehead atoms. The Labute approximate surface area is 157 Å². The smallest absolute Gasteiger partial charge is 0.412 e. The van der Waals surface area contributed by atoms with E-state index < -0.39 is 25.4 Å². The van der Waals surface area contributed by atoms with Crippen LogP contribution in [-0.2, 0) is 25.3 Å². The van der Waals surface area contributed by atoms with E-state index in [9.17, 15) is 26.3 Å². The van der Waals surface area contributed by atoms with Gasteiger partial charge in [-0.1, -0.05) is 8.64 Å². The SMILES string of the molecule is FC(F)(F)CNC(=S)[S-].FC(F)(F)CNC(=S)[S-].[Li+].[Li+]. The molecule has 0 aromatic rings. The molecule has 14 heteroatoms. The number of rotatable bonds is 2. The quantitative estimate of drug-likeness (QED) is 0.225. The molecule has 0 rings (SSSR count). The summed E-state index contributed by atoms with van der Waals surface area (Å²) in [4.78, 5) is 0. The van der Waals surface area contributed by atoms with E-state index in [1.807, 2.05) is 0 Å². The van der Waals surface area contributed by atoms with Crippen LogP contribution in [0.5, 0.6) is 0 Å². The zero-order chi connectivity index (χ0) is 15.0. The summed E-state index contributed by atoms with van der Waals surface area (Å²) in [5, 5.41) is 3.61. The fourth-order valence-corrected chi connectivity index (χ4v) is 0.633. The van der Waals surface area contributed by atoms with Crippen molar-refractivity contribution in [3.05, 3.63) is 0 Å². The minimum atomic E-state index is -4.23. The van der Waals surface area contributed by atoms with Crippen molar-refractivity contribution in [3.63, 3.8) is 0 Å². The van der Waals surface area contributed by atoms with Gasteiger partial charge in [0.05, 0.1) is 0 Å². The molecule has 0 aliphatic rings. The van der Waals surface area contributed by atoms with Gasteiger partial charge in [-0.25, -0.2) is 0 Å². The number of hydrogen-bond donors (Lipinski definition) is 2. The zero-order valence-electron chi connectivity index (χ0n) is 10.3. The molecule has 0 amide bonds. The Hall–Kier alpha value is 0.995. The maximum Gasteiger partial charge on any atom is 1.00 e. The topological polar surface area (TPSA) is 24.1 Å². The third-order valence-corrected chi connectivity index (χ3v) is 1.44. The Kier molecular flexibility index (Phi) is 19.8. The van der Waals surface area contributed by atoms with E-state index in [1.165, 1.54) is 0 Å². The van der Waals surface area contributed by atoms with Crippen LogP contribution in [0.25, 0.3) is 0 Å². The molecular weight excluding hydrogens is 356 g/mol. The summed E-state index contributed by atoms with van der Waals surface area (Å²) >= 11 is 16.7. The van der Waals surface area contributed by atoms with E-state index in [-0.39, 0.29) is 46.4 Å². The van der Waals surface area contributed by atoms with E-state index in [0.29, 0.717) is 0 Å². The summed E-state index contributed by atoms with van der Waals surface area (Å²) < 4.78 is 67.0. The van der Waals surface area contributed by atoms with Crippen molar-refractivity contribution in [1.29, 1.82) is 0 Å². The largest absolute Gasteiger partial charge is 1.00 e. The van der Waals surface area contributed by atoms with Gasteiger partial charge < -0.3 is 60.3 Å². The van der Waals surface area contributed by atoms with E-state index in [4.69, 9.17) is 0 Å². The van der Waals surface area contributed by atoms with Gasteiger partial charge in [-0.05, 0) is 0 Å². The number of hydrogen-bond acceptors (Lipinski definition) is 4. The maximum atomic E-state index is 11.2. The first-order valence-corrected chi connectivity index (χ1v) is 5.50. The summed E-state index contributed by atoms with van der Waals surface area (Å²) in [6.45, 7) is -2.29. The summed E-state index contributed by atoms with van der Waals surface area (Å²) in [6, 6.07) is 0. The molecule has 2 nitrogen and oxygen atoms in total. The van der Waals surface area contributed by atoms with Crippen molar-refractivity contribution < 1.29 is 64.1 Å². The van der Waals surface area contributed by atoms with Crippen LogP contribution < -0.4 is 48.4 Å². The van der Waals surface area contributed by atoms with Gasteiger partial charge in [-0.15, -0.1) is 0 Å². The zero-order valence-corrected chi connectivity index (χ0v) is 13.6. The predicted molar refractivity (Wildman–Crippen MR) is 68.0 cm³/mol. The van der Waals surface area contributed by atoms with Crippen molar-refractivity contribution in [3.8, 4) is 0 Å². The van der Waals surface area contributed by atoms with Crippen molar-refractivity contribution in [2.45, 2.75) is 12.4 Å². The molecule has 0 spiro atoms. The molecule has 0 saturated heterocycles. The Morgan fingerprint density at radius 3 is 1.00 bits per heavy atom. The average Bonchev–Trinajstić information content (AvgIpc) is 2.10. The minimum Gasteiger partial charge on any atom is -0.412 e. The number of halogens is 6. The van der Waals surface area contributed by atoms with Crippen LogP contribution in [0.4, 0.5) is 26.3 Å². The Balaban J connectivity index is -0.000000116. The molecule has 0 aliphatic heterocycles. The van der Waals surface area contributed by atoms with E-state index >= 15 is 0 Å². The van der Waals surface area contributed by atoms with Gasteiger partial charge >= 0.3 is 50.1 Å². The van der Waals surface area contributed by atoms with Crippen LogP contribution in [-0.4, -0.2) is 34.1 Å². The first-order valence-electron chi connectivity index (χ1n) is 3.86. The van der Waals surface area contributed by atoms with Gasteiger partial charge in [0.1, 0.15) is 13.1 Å². The van der Waals surface area contributed by atoms with Crippen LogP contribution >= 0.6 is 24.4 Å². The first kappa shape index (κ1) is 29.1. The fourth-order valence-electron chi connectivity index (χ4n) is 0.345.